The molecule has 0 aliphatic heterocycles. The van der Waals surface area contributed by atoms with E-state index in [1.807, 2.05) is 6.07 Å². The van der Waals surface area contributed by atoms with Gasteiger partial charge in [-0.1, -0.05) is 6.92 Å². The molecule has 1 aliphatic carbocycles. The molecule has 1 aromatic heterocycles. The molecule has 0 saturated heterocycles. The molecule has 1 heterocycles. The Labute approximate surface area is 83.3 Å². The van der Waals surface area contributed by atoms with Gasteiger partial charge in [0.15, 0.2) is 0 Å². The van der Waals surface area contributed by atoms with Crippen LogP contribution in [0.1, 0.15) is 30.2 Å². The zero-order valence-electron chi connectivity index (χ0n) is 8.47. The van der Waals surface area contributed by atoms with E-state index in [4.69, 9.17) is 5.73 Å². The van der Waals surface area contributed by atoms with Gasteiger partial charge in [-0.3, -0.25) is 4.79 Å². The molecule has 0 fully saturated rings. The van der Waals surface area contributed by atoms with Crippen LogP contribution in [-0.4, -0.2) is 4.98 Å². The van der Waals surface area contributed by atoms with E-state index in [1.165, 1.54) is 12.0 Å². The summed E-state index contributed by atoms with van der Waals surface area (Å²) in [4.78, 5) is 14.4. The lowest BCUT2D eigenvalue weighted by Crippen LogP contribution is -2.23. The van der Waals surface area contributed by atoms with Gasteiger partial charge in [0, 0.05) is 17.8 Å². The molecule has 0 bridgehead atoms. The van der Waals surface area contributed by atoms with Crippen LogP contribution in [0.5, 0.6) is 0 Å². The lowest BCUT2D eigenvalue weighted by molar-refractivity contribution is 0.492. The molecular formula is C11H16N2O. The molecule has 3 nitrogen and oxygen atoms in total. The van der Waals surface area contributed by atoms with Crippen molar-refractivity contribution < 1.29 is 0 Å². The van der Waals surface area contributed by atoms with E-state index < -0.39 is 0 Å². The van der Waals surface area contributed by atoms with Crippen molar-refractivity contribution in [3.63, 3.8) is 0 Å². The van der Waals surface area contributed by atoms with Crippen molar-refractivity contribution in [2.75, 3.05) is 0 Å². The maximum Gasteiger partial charge on any atom is 0.252 e. The van der Waals surface area contributed by atoms with Crippen molar-refractivity contribution in [3.05, 3.63) is 33.2 Å². The third kappa shape index (κ3) is 1.60. The van der Waals surface area contributed by atoms with E-state index >= 15 is 0 Å². The predicted octanol–water partition coefficient (Wildman–Crippen LogP) is 0.958. The predicted molar refractivity (Wildman–Crippen MR) is 56.1 cm³/mol. The number of pyridine rings is 1. The Balaban J connectivity index is 2.46. The molecule has 0 radical (unpaired) electrons. The first-order valence-corrected chi connectivity index (χ1v) is 5.14. The maximum atomic E-state index is 11.5. The Hall–Kier alpha value is -1.09. The smallest absolute Gasteiger partial charge is 0.252 e. The molecule has 0 saturated carbocycles. The number of fused-ring (bicyclic) bond motifs is 1. The topological polar surface area (TPSA) is 58.9 Å². The van der Waals surface area contributed by atoms with Crippen molar-refractivity contribution >= 4 is 0 Å². The summed E-state index contributed by atoms with van der Waals surface area (Å²) < 4.78 is 0. The summed E-state index contributed by atoms with van der Waals surface area (Å²) in [5.41, 5.74) is 8.59. The quantitative estimate of drug-likeness (QED) is 0.696. The van der Waals surface area contributed by atoms with Gasteiger partial charge in [0.25, 0.3) is 5.56 Å². The zero-order chi connectivity index (χ0) is 10.1. The third-order valence-electron chi connectivity index (χ3n) is 2.97. The van der Waals surface area contributed by atoms with Gasteiger partial charge in [-0.2, -0.15) is 0 Å². The second-order valence-corrected chi connectivity index (χ2v) is 4.18. The minimum absolute atomic E-state index is 0.0131. The summed E-state index contributed by atoms with van der Waals surface area (Å²) in [7, 11) is 0. The Morgan fingerprint density at radius 3 is 3.14 bits per heavy atom. The maximum absolute atomic E-state index is 11.5. The van der Waals surface area contributed by atoms with Gasteiger partial charge in [-0.25, -0.2) is 0 Å². The van der Waals surface area contributed by atoms with Crippen molar-refractivity contribution in [3.8, 4) is 0 Å². The first-order valence-electron chi connectivity index (χ1n) is 5.14. The monoisotopic (exact) mass is 192 g/mol. The van der Waals surface area contributed by atoms with Gasteiger partial charge in [0.1, 0.15) is 0 Å². The molecule has 1 atom stereocenters. The van der Waals surface area contributed by atoms with Crippen LogP contribution in [0.15, 0.2) is 10.9 Å². The molecule has 76 valence electrons. The molecule has 14 heavy (non-hydrogen) atoms. The van der Waals surface area contributed by atoms with Gasteiger partial charge in [-0.15, -0.1) is 0 Å². The van der Waals surface area contributed by atoms with E-state index in [2.05, 4.69) is 11.9 Å². The normalized spacial score (nSPS) is 20.6. The van der Waals surface area contributed by atoms with Crippen LogP contribution in [0, 0.1) is 5.92 Å². The van der Waals surface area contributed by atoms with Crippen LogP contribution >= 0.6 is 0 Å². The Morgan fingerprint density at radius 2 is 2.43 bits per heavy atom. The number of aryl methyl sites for hydroxylation is 1. The van der Waals surface area contributed by atoms with Crippen LogP contribution in [0.2, 0.25) is 0 Å². The number of hydrogen-bond donors (Lipinski definition) is 2. The van der Waals surface area contributed by atoms with Crippen molar-refractivity contribution in [1.82, 2.24) is 4.98 Å². The number of hydrogen-bond acceptors (Lipinski definition) is 2. The van der Waals surface area contributed by atoms with Crippen molar-refractivity contribution in [2.24, 2.45) is 11.7 Å². The molecule has 3 N–H and O–H groups in total. The second-order valence-electron chi connectivity index (χ2n) is 4.18. The average Bonchev–Trinajstić information content (AvgIpc) is 2.17. The number of rotatable bonds is 1. The van der Waals surface area contributed by atoms with Crippen molar-refractivity contribution in [2.45, 2.75) is 32.7 Å². The highest BCUT2D eigenvalue weighted by atomic mass is 16.1. The van der Waals surface area contributed by atoms with Crippen LogP contribution in [0.3, 0.4) is 0 Å². The van der Waals surface area contributed by atoms with Gasteiger partial charge in [0.2, 0.25) is 0 Å². The highest BCUT2D eigenvalue weighted by Gasteiger charge is 2.16. The fraction of sp³-hybridized carbons (Fsp3) is 0.545. The highest BCUT2D eigenvalue weighted by Crippen LogP contribution is 2.23. The molecule has 1 aromatic rings. The van der Waals surface area contributed by atoms with E-state index in [-0.39, 0.29) is 5.56 Å². The van der Waals surface area contributed by atoms with Gasteiger partial charge >= 0.3 is 0 Å². The van der Waals surface area contributed by atoms with Crippen LogP contribution in [-0.2, 0) is 19.4 Å². The molecule has 0 spiro atoms. The number of H-pyrrole nitrogens is 1. The van der Waals surface area contributed by atoms with Gasteiger partial charge in [0.05, 0.1) is 0 Å². The molecule has 2 rings (SSSR count). The number of aromatic amines is 1. The SMILES string of the molecule is CC1CCc2[nH]c(=O)c(CN)cc2C1. The zero-order valence-corrected chi connectivity index (χ0v) is 8.47. The summed E-state index contributed by atoms with van der Waals surface area (Å²) in [6, 6.07) is 1.98. The number of nitrogens with one attached hydrogen (secondary N) is 1. The van der Waals surface area contributed by atoms with Crippen LogP contribution < -0.4 is 11.3 Å². The number of aromatic nitrogens is 1. The van der Waals surface area contributed by atoms with Gasteiger partial charge < -0.3 is 10.7 Å². The lowest BCUT2D eigenvalue weighted by Gasteiger charge is -2.21. The summed E-state index contributed by atoms with van der Waals surface area (Å²) in [5, 5.41) is 0. The third-order valence-corrected chi connectivity index (χ3v) is 2.97. The number of nitrogens with two attached hydrogens (primary N) is 1. The minimum Gasteiger partial charge on any atom is -0.326 e. The van der Waals surface area contributed by atoms with Crippen LogP contribution in [0.4, 0.5) is 0 Å². The minimum atomic E-state index is -0.0131. The van der Waals surface area contributed by atoms with E-state index in [9.17, 15) is 4.79 Å². The van der Waals surface area contributed by atoms with Crippen LogP contribution in [0.25, 0.3) is 0 Å². The molecule has 0 amide bonds. The van der Waals surface area contributed by atoms with Gasteiger partial charge in [-0.05, 0) is 36.8 Å². The van der Waals surface area contributed by atoms with Crippen molar-refractivity contribution in [1.29, 1.82) is 0 Å². The molecule has 0 aromatic carbocycles. The fourth-order valence-corrected chi connectivity index (χ4v) is 2.09. The Morgan fingerprint density at radius 1 is 1.64 bits per heavy atom. The summed E-state index contributed by atoms with van der Waals surface area (Å²) >= 11 is 0. The van der Waals surface area contributed by atoms with E-state index in [1.54, 1.807) is 0 Å². The molecule has 1 aliphatic rings. The lowest BCUT2D eigenvalue weighted by atomic mass is 9.87. The van der Waals surface area contributed by atoms with E-state index in [0.29, 0.717) is 12.1 Å². The summed E-state index contributed by atoms with van der Waals surface area (Å²) in [6.45, 7) is 2.58. The van der Waals surface area contributed by atoms with E-state index in [0.717, 1.165) is 24.5 Å². The first-order chi connectivity index (χ1) is 6.70. The average molecular weight is 192 g/mol. The second kappa shape index (κ2) is 3.58. The fourth-order valence-electron chi connectivity index (χ4n) is 2.09. The molecular weight excluding hydrogens is 176 g/mol. The summed E-state index contributed by atoms with van der Waals surface area (Å²) in [6.07, 6.45) is 3.24. The largest absolute Gasteiger partial charge is 0.326 e. The summed E-state index contributed by atoms with van der Waals surface area (Å²) in [5.74, 6) is 0.721. The Kier molecular flexibility index (Phi) is 2.42. The standard InChI is InChI=1S/C11H16N2O/c1-7-2-3-10-8(4-7)5-9(6-12)11(14)13-10/h5,7H,2-4,6,12H2,1H3,(H,13,14). The highest BCUT2D eigenvalue weighted by molar-refractivity contribution is 5.27. The Bertz CT molecular complexity index is 395. The molecule has 3 heteroatoms. The molecule has 1 unspecified atom stereocenters. The first kappa shape index (κ1) is 9.46.